The first-order chi connectivity index (χ1) is 11.6. The van der Waals surface area contributed by atoms with Crippen LogP contribution >= 0.6 is 0 Å². The van der Waals surface area contributed by atoms with Gasteiger partial charge < -0.3 is 4.42 Å². The largest absolute Gasteiger partial charge is 0.461 e. The number of carbonyl (C=O) groups excluding carboxylic acids is 3. The van der Waals surface area contributed by atoms with Crippen molar-refractivity contribution >= 4 is 29.0 Å². The van der Waals surface area contributed by atoms with Crippen molar-refractivity contribution in [2.75, 3.05) is 4.90 Å². The standard InChI is InChI=1S/C17H13N3O4/c1-9-4-6-10(7-5-9)20-16(22)12-13(18-19-14(12)17(20)23)15(21)11-3-2-8-24-11/h2-8,12,14,19H,1H3/t12-,14+/m1/s1. The van der Waals surface area contributed by atoms with E-state index < -0.39 is 29.6 Å². The Labute approximate surface area is 136 Å². The lowest BCUT2D eigenvalue weighted by Gasteiger charge is -2.15. The molecule has 2 aromatic rings. The number of rotatable bonds is 3. The summed E-state index contributed by atoms with van der Waals surface area (Å²) in [4.78, 5) is 38.9. The van der Waals surface area contributed by atoms with Crippen LogP contribution in [0.25, 0.3) is 0 Å². The number of hydrogen-bond acceptors (Lipinski definition) is 6. The van der Waals surface area contributed by atoms with Gasteiger partial charge in [-0.1, -0.05) is 17.7 Å². The van der Waals surface area contributed by atoms with Gasteiger partial charge >= 0.3 is 0 Å². The Morgan fingerprint density at radius 3 is 2.58 bits per heavy atom. The van der Waals surface area contributed by atoms with E-state index in [-0.39, 0.29) is 11.5 Å². The monoisotopic (exact) mass is 323 g/mol. The van der Waals surface area contributed by atoms with Crippen LogP contribution < -0.4 is 10.3 Å². The summed E-state index contributed by atoms with van der Waals surface area (Å²) >= 11 is 0. The molecule has 0 bridgehead atoms. The highest BCUT2D eigenvalue weighted by molar-refractivity contribution is 6.52. The van der Waals surface area contributed by atoms with Crippen LogP contribution in [0.3, 0.4) is 0 Å². The molecule has 2 amide bonds. The number of furan rings is 1. The van der Waals surface area contributed by atoms with Crippen LogP contribution in [0.2, 0.25) is 0 Å². The van der Waals surface area contributed by atoms with Crippen LogP contribution in [0, 0.1) is 12.8 Å². The number of nitrogens with zero attached hydrogens (tertiary/aromatic N) is 2. The lowest BCUT2D eigenvalue weighted by atomic mass is 9.95. The fourth-order valence-electron chi connectivity index (χ4n) is 2.96. The topological polar surface area (TPSA) is 92.0 Å². The lowest BCUT2D eigenvalue weighted by Crippen LogP contribution is -2.36. The third-order valence-corrected chi connectivity index (χ3v) is 4.19. The third-order valence-electron chi connectivity index (χ3n) is 4.19. The summed E-state index contributed by atoms with van der Waals surface area (Å²) in [6, 6.07) is 9.27. The van der Waals surface area contributed by atoms with Crippen LogP contribution in [0.4, 0.5) is 5.69 Å². The van der Waals surface area contributed by atoms with Crippen molar-refractivity contribution in [2.24, 2.45) is 11.0 Å². The number of imide groups is 1. The number of fused-ring (bicyclic) bond motifs is 1. The molecule has 0 aliphatic carbocycles. The second-order valence-electron chi connectivity index (χ2n) is 5.74. The first-order valence-corrected chi connectivity index (χ1v) is 7.43. The van der Waals surface area contributed by atoms with Gasteiger partial charge in [0.05, 0.1) is 12.0 Å². The molecule has 7 nitrogen and oxygen atoms in total. The van der Waals surface area contributed by atoms with Crippen LogP contribution in [0.1, 0.15) is 16.1 Å². The Kier molecular flexibility index (Phi) is 3.09. The second kappa shape index (κ2) is 5.16. The van der Waals surface area contributed by atoms with E-state index in [9.17, 15) is 14.4 Å². The highest BCUT2D eigenvalue weighted by Crippen LogP contribution is 2.31. The molecule has 7 heteroatoms. The number of Topliss-reactive ketones (excluding diaryl/α,β-unsaturated/α-hetero) is 1. The number of anilines is 1. The molecule has 1 N–H and O–H groups in total. The molecular weight excluding hydrogens is 310 g/mol. The van der Waals surface area contributed by atoms with E-state index in [0.29, 0.717) is 5.69 Å². The number of hydrogen-bond donors (Lipinski definition) is 1. The Hall–Kier alpha value is -3.22. The smallest absolute Gasteiger partial charge is 0.259 e. The van der Waals surface area contributed by atoms with Gasteiger partial charge in [-0.3, -0.25) is 19.8 Å². The van der Waals surface area contributed by atoms with Crippen molar-refractivity contribution in [1.29, 1.82) is 0 Å². The molecule has 1 aromatic heterocycles. The molecule has 0 spiro atoms. The SMILES string of the molecule is Cc1ccc(N2C(=O)[C@@H]3C(C(=O)c4ccco4)=NN[C@@H]3C2=O)cc1. The van der Waals surface area contributed by atoms with Crippen LogP contribution in [-0.2, 0) is 9.59 Å². The molecule has 4 rings (SSSR count). The lowest BCUT2D eigenvalue weighted by molar-refractivity contribution is -0.122. The first kappa shape index (κ1) is 14.4. The van der Waals surface area contributed by atoms with E-state index in [1.807, 2.05) is 19.1 Å². The van der Waals surface area contributed by atoms with Gasteiger partial charge in [0.15, 0.2) is 5.76 Å². The number of hydrazone groups is 1. The van der Waals surface area contributed by atoms with Crippen molar-refractivity contribution in [2.45, 2.75) is 13.0 Å². The average molecular weight is 323 g/mol. The summed E-state index contributed by atoms with van der Waals surface area (Å²) < 4.78 is 5.07. The van der Waals surface area contributed by atoms with E-state index >= 15 is 0 Å². The van der Waals surface area contributed by atoms with Crippen molar-refractivity contribution in [1.82, 2.24) is 5.43 Å². The molecule has 0 unspecified atom stereocenters. The predicted octanol–water partition coefficient (Wildman–Crippen LogP) is 1.29. The predicted molar refractivity (Wildman–Crippen MR) is 84.6 cm³/mol. The first-order valence-electron chi connectivity index (χ1n) is 7.43. The molecule has 1 fully saturated rings. The Bertz CT molecular complexity index is 868. The van der Waals surface area contributed by atoms with Crippen molar-refractivity contribution < 1.29 is 18.8 Å². The Morgan fingerprint density at radius 1 is 1.17 bits per heavy atom. The molecule has 2 aliphatic heterocycles. The van der Waals surface area contributed by atoms with E-state index in [0.717, 1.165) is 10.5 Å². The summed E-state index contributed by atoms with van der Waals surface area (Å²) in [5.41, 5.74) is 4.12. The molecular formula is C17H13N3O4. The zero-order valence-corrected chi connectivity index (χ0v) is 12.7. The maximum atomic E-state index is 12.8. The zero-order chi connectivity index (χ0) is 16.8. The average Bonchev–Trinajstić information content (AvgIpc) is 3.29. The molecule has 0 radical (unpaired) electrons. The molecule has 1 aromatic carbocycles. The summed E-state index contributed by atoms with van der Waals surface area (Å²) in [5, 5.41) is 3.91. The Balaban J connectivity index is 1.67. The molecule has 0 saturated carbocycles. The minimum atomic E-state index is -0.934. The maximum absolute atomic E-state index is 12.8. The van der Waals surface area contributed by atoms with Crippen LogP contribution in [-0.4, -0.2) is 29.4 Å². The number of nitrogens with one attached hydrogen (secondary N) is 1. The molecule has 3 heterocycles. The van der Waals surface area contributed by atoms with E-state index in [2.05, 4.69) is 10.5 Å². The fraction of sp³-hybridized carbons (Fsp3) is 0.176. The number of carbonyl (C=O) groups is 3. The number of benzene rings is 1. The summed E-state index contributed by atoms with van der Waals surface area (Å²) in [5.74, 6) is -2.22. The van der Waals surface area contributed by atoms with Gasteiger partial charge in [-0.05, 0) is 31.2 Å². The number of ketones is 1. The molecule has 1 saturated heterocycles. The normalized spacial score (nSPS) is 22.4. The van der Waals surface area contributed by atoms with E-state index in [1.54, 1.807) is 18.2 Å². The van der Waals surface area contributed by atoms with Gasteiger partial charge in [-0.15, -0.1) is 0 Å². The summed E-state index contributed by atoms with van der Waals surface area (Å²) in [6.45, 7) is 1.92. The van der Waals surface area contributed by atoms with Crippen LogP contribution in [0.15, 0.2) is 52.2 Å². The zero-order valence-electron chi connectivity index (χ0n) is 12.7. The fourth-order valence-corrected chi connectivity index (χ4v) is 2.96. The van der Waals surface area contributed by atoms with Crippen molar-refractivity contribution in [3.63, 3.8) is 0 Å². The summed E-state index contributed by atoms with van der Waals surface area (Å²) in [6.07, 6.45) is 1.37. The van der Waals surface area contributed by atoms with Gasteiger partial charge in [0.25, 0.3) is 5.91 Å². The van der Waals surface area contributed by atoms with E-state index in [4.69, 9.17) is 4.42 Å². The van der Waals surface area contributed by atoms with Gasteiger partial charge in [0.2, 0.25) is 11.7 Å². The van der Waals surface area contributed by atoms with Gasteiger partial charge in [-0.25, -0.2) is 4.90 Å². The van der Waals surface area contributed by atoms with Crippen LogP contribution in [0.5, 0.6) is 0 Å². The van der Waals surface area contributed by atoms with Crippen molar-refractivity contribution in [3.8, 4) is 0 Å². The molecule has 120 valence electrons. The molecule has 2 atom stereocenters. The summed E-state index contributed by atoms with van der Waals surface area (Å²) in [7, 11) is 0. The molecule has 24 heavy (non-hydrogen) atoms. The van der Waals surface area contributed by atoms with E-state index in [1.165, 1.54) is 12.3 Å². The molecule has 2 aliphatic rings. The maximum Gasteiger partial charge on any atom is 0.259 e. The minimum Gasteiger partial charge on any atom is -0.461 e. The van der Waals surface area contributed by atoms with Gasteiger partial charge in [0, 0.05) is 0 Å². The minimum absolute atomic E-state index is 0.00270. The number of amides is 2. The number of aryl methyl sites for hydroxylation is 1. The Morgan fingerprint density at radius 2 is 1.92 bits per heavy atom. The quantitative estimate of drug-likeness (QED) is 0.679. The third kappa shape index (κ3) is 1.98. The highest BCUT2D eigenvalue weighted by Gasteiger charge is 2.55. The van der Waals surface area contributed by atoms with Gasteiger partial charge in [-0.2, -0.15) is 5.10 Å². The highest BCUT2D eigenvalue weighted by atomic mass is 16.3. The van der Waals surface area contributed by atoms with Crippen molar-refractivity contribution in [3.05, 3.63) is 54.0 Å². The van der Waals surface area contributed by atoms with Gasteiger partial charge in [0.1, 0.15) is 17.7 Å². The second-order valence-corrected chi connectivity index (χ2v) is 5.74.